The van der Waals surface area contributed by atoms with Gasteiger partial charge in [0, 0.05) is 19.1 Å². The molecular weight excluding hydrogens is 264 g/mol. The summed E-state index contributed by atoms with van der Waals surface area (Å²) in [4.78, 5) is 14.0. The molecular formula is C17H34N2O2. The normalized spacial score (nSPS) is 21.5. The number of amides is 1. The number of nitrogens with zero attached hydrogens (tertiary/aromatic N) is 1. The largest absolute Gasteiger partial charge is 0.444 e. The lowest BCUT2D eigenvalue weighted by molar-refractivity contribution is 0.0165. The molecule has 4 heteroatoms. The number of carbonyl (C=O) groups is 1. The van der Waals surface area contributed by atoms with Crippen molar-refractivity contribution in [3.05, 3.63) is 0 Å². The number of piperidine rings is 1. The summed E-state index contributed by atoms with van der Waals surface area (Å²) in [6, 6.07) is 0.543. The van der Waals surface area contributed by atoms with Crippen molar-refractivity contribution in [1.82, 2.24) is 10.2 Å². The van der Waals surface area contributed by atoms with Gasteiger partial charge in [-0.2, -0.15) is 0 Å². The van der Waals surface area contributed by atoms with E-state index in [1.165, 1.54) is 12.8 Å². The Hall–Kier alpha value is -0.770. The fourth-order valence-electron chi connectivity index (χ4n) is 2.88. The Morgan fingerprint density at radius 1 is 1.33 bits per heavy atom. The molecule has 1 rings (SSSR count). The highest BCUT2D eigenvalue weighted by atomic mass is 16.6. The third-order valence-corrected chi connectivity index (χ3v) is 3.75. The van der Waals surface area contributed by atoms with Crippen LogP contribution in [-0.4, -0.2) is 42.3 Å². The zero-order chi connectivity index (χ0) is 16.0. The minimum Gasteiger partial charge on any atom is -0.444 e. The van der Waals surface area contributed by atoms with E-state index in [2.05, 4.69) is 26.1 Å². The SMILES string of the molecule is CC(C)CC(C)NCC1CCCN(C(=O)OC(C)(C)C)C1. The van der Waals surface area contributed by atoms with Gasteiger partial charge in [0.2, 0.25) is 0 Å². The minimum atomic E-state index is -0.409. The number of likely N-dealkylation sites (tertiary alicyclic amines) is 1. The van der Waals surface area contributed by atoms with E-state index in [4.69, 9.17) is 4.74 Å². The van der Waals surface area contributed by atoms with Crippen molar-refractivity contribution in [2.24, 2.45) is 11.8 Å². The average Bonchev–Trinajstić information content (AvgIpc) is 2.34. The molecule has 0 spiro atoms. The van der Waals surface area contributed by atoms with E-state index in [-0.39, 0.29) is 6.09 Å². The van der Waals surface area contributed by atoms with Crippen LogP contribution < -0.4 is 5.32 Å². The first kappa shape index (κ1) is 18.3. The lowest BCUT2D eigenvalue weighted by atomic mass is 9.97. The van der Waals surface area contributed by atoms with Crippen LogP contribution in [0.5, 0.6) is 0 Å². The Kier molecular flexibility index (Phi) is 6.98. The molecule has 2 atom stereocenters. The molecule has 0 aromatic heterocycles. The molecule has 1 aliphatic rings. The van der Waals surface area contributed by atoms with Gasteiger partial charge in [0.15, 0.2) is 0 Å². The fraction of sp³-hybridized carbons (Fsp3) is 0.941. The molecule has 0 aromatic carbocycles. The molecule has 1 N–H and O–H groups in total. The van der Waals surface area contributed by atoms with Gasteiger partial charge >= 0.3 is 6.09 Å². The standard InChI is InChI=1S/C17H34N2O2/c1-13(2)10-14(3)18-11-15-8-7-9-19(12-15)16(20)21-17(4,5)6/h13-15,18H,7-12H2,1-6H3. The Bertz CT molecular complexity index is 323. The average molecular weight is 298 g/mol. The maximum atomic E-state index is 12.1. The van der Waals surface area contributed by atoms with Crippen LogP contribution in [0.4, 0.5) is 4.79 Å². The van der Waals surface area contributed by atoms with Gasteiger partial charge in [-0.25, -0.2) is 4.79 Å². The zero-order valence-corrected chi connectivity index (χ0v) is 14.7. The van der Waals surface area contributed by atoms with Gasteiger partial charge < -0.3 is 15.0 Å². The molecule has 0 aromatic rings. The number of rotatable bonds is 5. The molecule has 124 valence electrons. The summed E-state index contributed by atoms with van der Waals surface area (Å²) >= 11 is 0. The molecule has 0 bridgehead atoms. The van der Waals surface area contributed by atoms with E-state index in [1.807, 2.05) is 25.7 Å². The zero-order valence-electron chi connectivity index (χ0n) is 14.7. The second-order valence-corrected chi connectivity index (χ2v) is 7.87. The van der Waals surface area contributed by atoms with Gasteiger partial charge in [-0.3, -0.25) is 0 Å². The highest BCUT2D eigenvalue weighted by molar-refractivity contribution is 5.68. The lowest BCUT2D eigenvalue weighted by Crippen LogP contribution is -2.45. The molecule has 4 nitrogen and oxygen atoms in total. The Labute approximate surface area is 130 Å². The van der Waals surface area contributed by atoms with Crippen molar-refractivity contribution in [2.45, 2.75) is 72.4 Å². The maximum absolute atomic E-state index is 12.1. The molecule has 2 unspecified atom stereocenters. The van der Waals surface area contributed by atoms with Crippen molar-refractivity contribution < 1.29 is 9.53 Å². The number of hydrogen-bond acceptors (Lipinski definition) is 3. The van der Waals surface area contributed by atoms with Crippen molar-refractivity contribution >= 4 is 6.09 Å². The number of nitrogens with one attached hydrogen (secondary N) is 1. The molecule has 0 aliphatic carbocycles. The first-order valence-electron chi connectivity index (χ1n) is 8.38. The molecule has 1 amide bonds. The van der Waals surface area contributed by atoms with Gasteiger partial charge in [-0.05, 0) is 65.3 Å². The smallest absolute Gasteiger partial charge is 0.410 e. The summed E-state index contributed by atoms with van der Waals surface area (Å²) in [6.45, 7) is 15.1. The van der Waals surface area contributed by atoms with Crippen LogP contribution >= 0.6 is 0 Å². The summed E-state index contributed by atoms with van der Waals surface area (Å²) in [5, 5.41) is 3.61. The van der Waals surface area contributed by atoms with E-state index < -0.39 is 5.60 Å². The first-order valence-corrected chi connectivity index (χ1v) is 8.38. The Morgan fingerprint density at radius 2 is 2.00 bits per heavy atom. The highest BCUT2D eigenvalue weighted by Crippen LogP contribution is 2.19. The number of carbonyl (C=O) groups excluding carboxylic acids is 1. The van der Waals surface area contributed by atoms with Crippen LogP contribution in [0.2, 0.25) is 0 Å². The van der Waals surface area contributed by atoms with Crippen molar-refractivity contribution in [3.8, 4) is 0 Å². The Balaban J connectivity index is 2.36. The number of hydrogen-bond donors (Lipinski definition) is 1. The van der Waals surface area contributed by atoms with E-state index in [9.17, 15) is 4.79 Å². The summed E-state index contributed by atoms with van der Waals surface area (Å²) in [5.41, 5.74) is -0.409. The van der Waals surface area contributed by atoms with Gasteiger partial charge in [0.05, 0.1) is 0 Å². The second kappa shape index (κ2) is 8.02. The van der Waals surface area contributed by atoms with E-state index in [0.29, 0.717) is 12.0 Å². The second-order valence-electron chi connectivity index (χ2n) is 7.87. The van der Waals surface area contributed by atoms with Crippen LogP contribution in [0.15, 0.2) is 0 Å². The highest BCUT2D eigenvalue weighted by Gasteiger charge is 2.27. The van der Waals surface area contributed by atoms with Gasteiger partial charge in [-0.1, -0.05) is 13.8 Å². The van der Waals surface area contributed by atoms with Crippen molar-refractivity contribution in [1.29, 1.82) is 0 Å². The summed E-state index contributed by atoms with van der Waals surface area (Å²) in [7, 11) is 0. The van der Waals surface area contributed by atoms with E-state index in [1.54, 1.807) is 0 Å². The number of ether oxygens (including phenoxy) is 1. The van der Waals surface area contributed by atoms with Crippen LogP contribution in [0, 0.1) is 11.8 Å². The first-order chi connectivity index (χ1) is 9.67. The predicted octanol–water partition coefficient (Wildman–Crippen LogP) is 3.66. The van der Waals surface area contributed by atoms with Gasteiger partial charge in [0.25, 0.3) is 0 Å². The van der Waals surface area contributed by atoms with Crippen LogP contribution in [0.3, 0.4) is 0 Å². The monoisotopic (exact) mass is 298 g/mol. The molecule has 1 saturated heterocycles. The van der Waals surface area contributed by atoms with Crippen molar-refractivity contribution in [2.75, 3.05) is 19.6 Å². The lowest BCUT2D eigenvalue weighted by Gasteiger charge is -2.34. The third kappa shape index (κ3) is 7.70. The third-order valence-electron chi connectivity index (χ3n) is 3.75. The van der Waals surface area contributed by atoms with Gasteiger partial charge in [0.1, 0.15) is 5.60 Å². The summed E-state index contributed by atoms with van der Waals surface area (Å²) < 4.78 is 5.47. The quantitative estimate of drug-likeness (QED) is 0.842. The summed E-state index contributed by atoms with van der Waals surface area (Å²) in [6.07, 6.45) is 3.30. The van der Waals surface area contributed by atoms with Crippen LogP contribution in [-0.2, 0) is 4.74 Å². The Morgan fingerprint density at radius 3 is 2.57 bits per heavy atom. The minimum absolute atomic E-state index is 0.164. The van der Waals surface area contributed by atoms with Crippen LogP contribution in [0.25, 0.3) is 0 Å². The molecule has 1 heterocycles. The molecule has 1 aliphatic heterocycles. The van der Waals surface area contributed by atoms with E-state index in [0.717, 1.165) is 32.0 Å². The molecule has 21 heavy (non-hydrogen) atoms. The predicted molar refractivity (Wildman–Crippen MR) is 87.5 cm³/mol. The molecule has 0 radical (unpaired) electrons. The van der Waals surface area contributed by atoms with Crippen LogP contribution in [0.1, 0.15) is 60.8 Å². The summed E-state index contributed by atoms with van der Waals surface area (Å²) in [5.74, 6) is 1.26. The molecule has 0 saturated carbocycles. The van der Waals surface area contributed by atoms with Gasteiger partial charge in [-0.15, -0.1) is 0 Å². The van der Waals surface area contributed by atoms with E-state index >= 15 is 0 Å². The molecule has 1 fully saturated rings. The topological polar surface area (TPSA) is 41.6 Å². The fourth-order valence-corrected chi connectivity index (χ4v) is 2.88. The van der Waals surface area contributed by atoms with Crippen molar-refractivity contribution in [3.63, 3.8) is 0 Å². The maximum Gasteiger partial charge on any atom is 0.410 e.